The maximum absolute atomic E-state index is 12.5. The normalized spacial score (nSPS) is 18.9. The van der Waals surface area contributed by atoms with Crippen LogP contribution in [0.4, 0.5) is 8.78 Å². The van der Waals surface area contributed by atoms with Gasteiger partial charge in [0.05, 0.1) is 0 Å². The molecule has 1 aliphatic heterocycles. The second-order valence-corrected chi connectivity index (χ2v) is 5.65. The molecule has 0 amide bonds. The van der Waals surface area contributed by atoms with Gasteiger partial charge in [-0.1, -0.05) is 18.2 Å². The Labute approximate surface area is 125 Å². The van der Waals surface area contributed by atoms with Crippen LogP contribution in [0.3, 0.4) is 0 Å². The summed E-state index contributed by atoms with van der Waals surface area (Å²) in [5, 5.41) is 0. The average Bonchev–Trinajstić information content (AvgIpc) is 2.48. The predicted octanol–water partition coefficient (Wildman–Crippen LogP) is 3.41. The number of ether oxygens (including phenoxy) is 1. The number of piperidine rings is 1. The van der Waals surface area contributed by atoms with E-state index in [9.17, 15) is 8.78 Å². The SMILES string of the molecule is CC(c1ccccc1OC(F)F)N1CCC(CCN)CC1. The van der Waals surface area contributed by atoms with Gasteiger partial charge in [-0.2, -0.15) is 8.78 Å². The van der Waals surface area contributed by atoms with Crippen LogP contribution in [0.25, 0.3) is 0 Å². The minimum atomic E-state index is -2.78. The summed E-state index contributed by atoms with van der Waals surface area (Å²) >= 11 is 0. The van der Waals surface area contributed by atoms with Gasteiger partial charge in [-0.15, -0.1) is 0 Å². The number of halogens is 2. The highest BCUT2D eigenvalue weighted by atomic mass is 19.3. The first-order valence-corrected chi connectivity index (χ1v) is 7.59. The highest BCUT2D eigenvalue weighted by molar-refractivity contribution is 5.35. The van der Waals surface area contributed by atoms with E-state index in [4.69, 9.17) is 5.73 Å². The van der Waals surface area contributed by atoms with Crippen LogP contribution in [0.1, 0.15) is 37.8 Å². The third-order valence-electron chi connectivity index (χ3n) is 4.36. The van der Waals surface area contributed by atoms with Crippen molar-refractivity contribution >= 4 is 0 Å². The quantitative estimate of drug-likeness (QED) is 0.874. The van der Waals surface area contributed by atoms with Crippen LogP contribution in [0.2, 0.25) is 0 Å². The van der Waals surface area contributed by atoms with E-state index in [1.54, 1.807) is 12.1 Å². The molecule has 1 atom stereocenters. The van der Waals surface area contributed by atoms with E-state index in [1.807, 2.05) is 12.1 Å². The smallest absolute Gasteiger partial charge is 0.387 e. The molecule has 0 spiro atoms. The van der Waals surface area contributed by atoms with Crippen LogP contribution in [-0.2, 0) is 0 Å². The molecule has 2 N–H and O–H groups in total. The summed E-state index contributed by atoms with van der Waals surface area (Å²) in [7, 11) is 0. The van der Waals surface area contributed by atoms with Gasteiger partial charge >= 0.3 is 6.61 Å². The third kappa shape index (κ3) is 4.38. The van der Waals surface area contributed by atoms with Crippen molar-refractivity contribution < 1.29 is 13.5 Å². The van der Waals surface area contributed by atoms with Gasteiger partial charge in [0.1, 0.15) is 5.75 Å². The van der Waals surface area contributed by atoms with E-state index in [1.165, 1.54) is 0 Å². The Hall–Kier alpha value is -1.20. The second-order valence-electron chi connectivity index (χ2n) is 5.65. The number of nitrogens with two attached hydrogens (primary N) is 1. The average molecular weight is 298 g/mol. The van der Waals surface area contributed by atoms with Crippen LogP contribution in [0, 0.1) is 5.92 Å². The lowest BCUT2D eigenvalue weighted by atomic mass is 9.92. The molecule has 1 heterocycles. The fourth-order valence-electron chi connectivity index (χ4n) is 3.09. The Bertz CT molecular complexity index is 434. The van der Waals surface area contributed by atoms with Gasteiger partial charge in [0, 0.05) is 11.6 Å². The topological polar surface area (TPSA) is 38.5 Å². The lowest BCUT2D eigenvalue weighted by Gasteiger charge is -2.36. The predicted molar refractivity (Wildman–Crippen MR) is 79.5 cm³/mol. The molecule has 0 radical (unpaired) electrons. The molecule has 1 aromatic rings. The van der Waals surface area contributed by atoms with Gasteiger partial charge in [-0.3, -0.25) is 4.90 Å². The molecule has 1 fully saturated rings. The summed E-state index contributed by atoms with van der Waals surface area (Å²) in [4.78, 5) is 2.33. The van der Waals surface area contributed by atoms with Gasteiger partial charge in [0.15, 0.2) is 0 Å². The van der Waals surface area contributed by atoms with E-state index >= 15 is 0 Å². The highest BCUT2D eigenvalue weighted by Crippen LogP contribution is 2.33. The highest BCUT2D eigenvalue weighted by Gasteiger charge is 2.25. The summed E-state index contributed by atoms with van der Waals surface area (Å²) in [6.45, 7) is 1.97. The summed E-state index contributed by atoms with van der Waals surface area (Å²) in [6.07, 6.45) is 3.33. The van der Waals surface area contributed by atoms with E-state index in [0.29, 0.717) is 5.92 Å². The minimum Gasteiger partial charge on any atom is -0.434 e. The second kappa shape index (κ2) is 7.71. The van der Waals surface area contributed by atoms with E-state index < -0.39 is 6.61 Å². The van der Waals surface area contributed by atoms with Crippen molar-refractivity contribution in [2.45, 2.75) is 38.8 Å². The zero-order valence-electron chi connectivity index (χ0n) is 12.5. The molecule has 0 bridgehead atoms. The van der Waals surface area contributed by atoms with Crippen molar-refractivity contribution in [3.8, 4) is 5.75 Å². The van der Waals surface area contributed by atoms with Gasteiger partial charge < -0.3 is 10.5 Å². The largest absolute Gasteiger partial charge is 0.434 e. The van der Waals surface area contributed by atoms with Crippen molar-refractivity contribution in [1.29, 1.82) is 0 Å². The van der Waals surface area contributed by atoms with Gasteiger partial charge in [0.25, 0.3) is 0 Å². The standard InChI is InChI=1S/C16H24F2N2O/c1-12(20-10-7-13(6-9-19)8-11-20)14-4-2-3-5-15(14)21-16(17)18/h2-5,12-13,16H,6-11,19H2,1H3. The number of benzene rings is 1. The number of hydrogen-bond donors (Lipinski definition) is 1. The Balaban J connectivity index is 2.02. The molecular weight excluding hydrogens is 274 g/mol. The molecule has 0 saturated carbocycles. The van der Waals surface area contributed by atoms with Gasteiger partial charge in [-0.05, 0) is 57.8 Å². The molecule has 21 heavy (non-hydrogen) atoms. The summed E-state index contributed by atoms with van der Waals surface area (Å²) in [5.41, 5.74) is 6.44. The van der Waals surface area contributed by atoms with Crippen LogP contribution in [-0.4, -0.2) is 31.1 Å². The van der Waals surface area contributed by atoms with Crippen molar-refractivity contribution in [3.05, 3.63) is 29.8 Å². The maximum Gasteiger partial charge on any atom is 0.387 e. The number of likely N-dealkylation sites (tertiary alicyclic amines) is 1. The summed E-state index contributed by atoms with van der Waals surface area (Å²) in [5.74, 6) is 0.982. The zero-order valence-corrected chi connectivity index (χ0v) is 12.5. The first-order valence-electron chi connectivity index (χ1n) is 7.59. The number of nitrogens with zero attached hydrogens (tertiary/aromatic N) is 1. The number of hydrogen-bond acceptors (Lipinski definition) is 3. The van der Waals surface area contributed by atoms with Crippen molar-refractivity contribution in [3.63, 3.8) is 0 Å². The lowest BCUT2D eigenvalue weighted by Crippen LogP contribution is -2.36. The van der Waals surface area contributed by atoms with Crippen LogP contribution in [0.15, 0.2) is 24.3 Å². The molecule has 1 aromatic carbocycles. The van der Waals surface area contributed by atoms with Crippen molar-refractivity contribution in [2.75, 3.05) is 19.6 Å². The maximum atomic E-state index is 12.5. The molecule has 5 heteroatoms. The molecule has 1 saturated heterocycles. The van der Waals surface area contributed by atoms with Crippen molar-refractivity contribution in [2.24, 2.45) is 11.7 Å². The lowest BCUT2D eigenvalue weighted by molar-refractivity contribution is -0.0512. The van der Waals surface area contributed by atoms with Crippen LogP contribution in [0.5, 0.6) is 5.75 Å². The molecule has 3 nitrogen and oxygen atoms in total. The summed E-state index contributed by atoms with van der Waals surface area (Å²) < 4.78 is 29.6. The number of para-hydroxylation sites is 1. The minimum absolute atomic E-state index is 0.0822. The Morgan fingerprint density at radius 3 is 2.57 bits per heavy atom. The molecule has 0 aromatic heterocycles. The van der Waals surface area contributed by atoms with Gasteiger partial charge in [0.2, 0.25) is 0 Å². The van der Waals surface area contributed by atoms with E-state index in [0.717, 1.165) is 44.5 Å². The fraction of sp³-hybridized carbons (Fsp3) is 0.625. The van der Waals surface area contributed by atoms with Crippen molar-refractivity contribution in [1.82, 2.24) is 4.90 Å². The van der Waals surface area contributed by atoms with Crippen LogP contribution < -0.4 is 10.5 Å². The first kappa shape index (κ1) is 16.2. The Morgan fingerprint density at radius 2 is 1.95 bits per heavy atom. The molecular formula is C16H24F2N2O. The van der Waals surface area contributed by atoms with E-state index in [2.05, 4.69) is 16.6 Å². The monoisotopic (exact) mass is 298 g/mol. The van der Waals surface area contributed by atoms with E-state index in [-0.39, 0.29) is 11.8 Å². The molecule has 118 valence electrons. The van der Waals surface area contributed by atoms with Gasteiger partial charge in [-0.25, -0.2) is 0 Å². The van der Waals surface area contributed by atoms with Crippen LogP contribution >= 0.6 is 0 Å². The molecule has 1 aliphatic rings. The fourth-order valence-corrected chi connectivity index (χ4v) is 3.09. The number of rotatable bonds is 6. The molecule has 0 aliphatic carbocycles. The number of alkyl halides is 2. The Kier molecular flexibility index (Phi) is 5.94. The third-order valence-corrected chi connectivity index (χ3v) is 4.36. The first-order chi connectivity index (χ1) is 10.1. The zero-order chi connectivity index (χ0) is 15.2. The molecule has 2 rings (SSSR count). The molecule has 1 unspecified atom stereocenters. The Morgan fingerprint density at radius 1 is 1.29 bits per heavy atom. The summed E-state index contributed by atoms with van der Waals surface area (Å²) in [6, 6.07) is 7.15.